The molecule has 3 rings (SSSR count). The minimum atomic E-state index is 0.196. The molecule has 2 saturated heterocycles. The van der Waals surface area contributed by atoms with E-state index in [1.807, 2.05) is 22.8 Å². The maximum absolute atomic E-state index is 12.2. The molecular formula is C14H21N5O. The van der Waals surface area contributed by atoms with E-state index in [1.54, 1.807) is 6.33 Å². The maximum Gasteiger partial charge on any atom is 0.320 e. The molecule has 0 aromatic carbocycles. The van der Waals surface area contributed by atoms with Crippen LogP contribution in [0.5, 0.6) is 0 Å². The number of anilines is 1. The van der Waals surface area contributed by atoms with Crippen LogP contribution in [0.15, 0.2) is 12.4 Å². The Morgan fingerprint density at radius 1 is 1.20 bits per heavy atom. The van der Waals surface area contributed by atoms with Gasteiger partial charge in [0.2, 0.25) is 0 Å². The number of aromatic nitrogens is 2. The summed E-state index contributed by atoms with van der Waals surface area (Å²) in [5.41, 5.74) is 0.947. The highest BCUT2D eigenvalue weighted by Crippen LogP contribution is 2.18. The van der Waals surface area contributed by atoms with E-state index in [2.05, 4.69) is 15.3 Å². The van der Waals surface area contributed by atoms with Crippen molar-refractivity contribution in [1.82, 2.24) is 19.8 Å². The third kappa shape index (κ3) is 2.84. The van der Waals surface area contributed by atoms with Crippen LogP contribution in [-0.2, 0) is 0 Å². The van der Waals surface area contributed by atoms with Gasteiger partial charge in [0.25, 0.3) is 0 Å². The Kier molecular flexibility index (Phi) is 3.71. The number of urea groups is 1. The second-order valence-corrected chi connectivity index (χ2v) is 5.62. The molecule has 0 bridgehead atoms. The lowest BCUT2D eigenvalue weighted by Gasteiger charge is -2.43. The van der Waals surface area contributed by atoms with Crippen LogP contribution in [0.4, 0.5) is 10.6 Å². The van der Waals surface area contributed by atoms with E-state index < -0.39 is 0 Å². The van der Waals surface area contributed by atoms with Gasteiger partial charge in [-0.1, -0.05) is 0 Å². The molecule has 3 heterocycles. The fourth-order valence-corrected chi connectivity index (χ4v) is 2.75. The summed E-state index contributed by atoms with van der Waals surface area (Å²) in [6, 6.07) is 2.43. The molecule has 1 aromatic heterocycles. The first kappa shape index (κ1) is 13.1. The van der Waals surface area contributed by atoms with Gasteiger partial charge in [-0.2, -0.15) is 0 Å². The maximum atomic E-state index is 12.2. The molecule has 0 atom stereocenters. The Morgan fingerprint density at radius 3 is 2.65 bits per heavy atom. The number of carbonyl (C=O) groups excluding carboxylic acids is 1. The number of nitrogens with one attached hydrogen (secondary N) is 1. The average Bonchev–Trinajstić information content (AvgIpc) is 2.43. The van der Waals surface area contributed by atoms with Gasteiger partial charge in [-0.05, 0) is 26.2 Å². The number of hydrogen-bond acceptors (Lipinski definition) is 4. The van der Waals surface area contributed by atoms with Gasteiger partial charge in [-0.3, -0.25) is 0 Å². The molecule has 0 saturated carbocycles. The van der Waals surface area contributed by atoms with Gasteiger partial charge in [-0.25, -0.2) is 14.8 Å². The summed E-state index contributed by atoms with van der Waals surface area (Å²) >= 11 is 0. The highest BCUT2D eigenvalue weighted by atomic mass is 16.2. The fraction of sp³-hybridized carbons (Fsp3) is 0.643. The summed E-state index contributed by atoms with van der Waals surface area (Å²) in [6.45, 7) is 5.30. The van der Waals surface area contributed by atoms with Crippen LogP contribution >= 0.6 is 0 Å². The predicted molar refractivity (Wildman–Crippen MR) is 76.6 cm³/mol. The van der Waals surface area contributed by atoms with Gasteiger partial charge >= 0.3 is 6.03 Å². The van der Waals surface area contributed by atoms with Crippen molar-refractivity contribution >= 4 is 11.8 Å². The molecule has 2 aliphatic heterocycles. The number of nitrogens with zero attached hydrogens (tertiary/aromatic N) is 4. The van der Waals surface area contributed by atoms with Crippen molar-refractivity contribution in [2.75, 3.05) is 31.5 Å². The Hall–Kier alpha value is -1.85. The molecular weight excluding hydrogens is 254 g/mol. The van der Waals surface area contributed by atoms with Crippen molar-refractivity contribution in [3.63, 3.8) is 0 Å². The lowest BCUT2D eigenvalue weighted by Crippen LogP contribution is -2.60. The molecule has 0 radical (unpaired) electrons. The monoisotopic (exact) mass is 275 g/mol. The van der Waals surface area contributed by atoms with Crippen molar-refractivity contribution in [3.8, 4) is 0 Å². The zero-order chi connectivity index (χ0) is 13.9. The zero-order valence-corrected chi connectivity index (χ0v) is 11.9. The molecule has 0 aliphatic carbocycles. The lowest BCUT2D eigenvalue weighted by atomic mass is 10.1. The molecule has 20 heavy (non-hydrogen) atoms. The molecule has 108 valence electrons. The predicted octanol–water partition coefficient (Wildman–Crippen LogP) is 1.49. The standard InChI is InChI=1S/C14H21N5O/c1-11-7-13(16-10-15-11)17-12-8-19(9-12)14(20)18-5-3-2-4-6-18/h7,10,12H,2-6,8-9H2,1H3,(H,15,16,17). The van der Waals surface area contributed by atoms with Crippen LogP contribution in [-0.4, -0.2) is 58.0 Å². The minimum absolute atomic E-state index is 0.196. The van der Waals surface area contributed by atoms with Crippen molar-refractivity contribution < 1.29 is 4.79 Å². The van der Waals surface area contributed by atoms with Crippen molar-refractivity contribution in [3.05, 3.63) is 18.1 Å². The molecule has 6 nitrogen and oxygen atoms in total. The molecule has 6 heteroatoms. The second kappa shape index (κ2) is 5.64. The Balaban J connectivity index is 1.47. The second-order valence-electron chi connectivity index (χ2n) is 5.62. The van der Waals surface area contributed by atoms with E-state index in [-0.39, 0.29) is 6.03 Å². The number of aryl methyl sites for hydroxylation is 1. The van der Waals surface area contributed by atoms with Crippen LogP contribution in [0.25, 0.3) is 0 Å². The van der Waals surface area contributed by atoms with Crippen LogP contribution in [0.3, 0.4) is 0 Å². The van der Waals surface area contributed by atoms with E-state index in [0.29, 0.717) is 6.04 Å². The third-order valence-electron chi connectivity index (χ3n) is 3.93. The van der Waals surface area contributed by atoms with Gasteiger partial charge in [0.15, 0.2) is 0 Å². The summed E-state index contributed by atoms with van der Waals surface area (Å²) in [7, 11) is 0. The largest absolute Gasteiger partial charge is 0.364 e. The first-order valence-corrected chi connectivity index (χ1v) is 7.31. The molecule has 1 N–H and O–H groups in total. The summed E-state index contributed by atoms with van der Waals surface area (Å²) in [6.07, 6.45) is 5.09. The van der Waals surface area contributed by atoms with E-state index in [0.717, 1.165) is 50.5 Å². The molecule has 0 unspecified atom stereocenters. The quantitative estimate of drug-likeness (QED) is 0.888. The highest BCUT2D eigenvalue weighted by Gasteiger charge is 2.33. The van der Waals surface area contributed by atoms with Crippen molar-refractivity contribution in [2.24, 2.45) is 0 Å². The van der Waals surface area contributed by atoms with Gasteiger partial charge in [0.1, 0.15) is 12.1 Å². The van der Waals surface area contributed by atoms with E-state index in [1.165, 1.54) is 6.42 Å². The zero-order valence-electron chi connectivity index (χ0n) is 11.9. The average molecular weight is 275 g/mol. The number of likely N-dealkylation sites (tertiary alicyclic amines) is 2. The molecule has 1 aromatic rings. The van der Waals surface area contributed by atoms with Gasteiger partial charge < -0.3 is 15.1 Å². The van der Waals surface area contributed by atoms with Gasteiger partial charge in [0, 0.05) is 37.9 Å². The summed E-state index contributed by atoms with van der Waals surface area (Å²) < 4.78 is 0. The number of hydrogen-bond donors (Lipinski definition) is 1. The SMILES string of the molecule is Cc1cc(NC2CN(C(=O)N3CCCCC3)C2)ncn1. The van der Waals surface area contributed by atoms with Crippen LogP contribution in [0.1, 0.15) is 25.0 Å². The minimum Gasteiger partial charge on any atom is -0.364 e. The highest BCUT2D eigenvalue weighted by molar-refractivity contribution is 5.75. The van der Waals surface area contributed by atoms with Crippen LogP contribution in [0, 0.1) is 6.92 Å². The molecule has 0 spiro atoms. The van der Waals surface area contributed by atoms with Crippen molar-refractivity contribution in [2.45, 2.75) is 32.2 Å². The Labute approximate surface area is 119 Å². The fourth-order valence-electron chi connectivity index (χ4n) is 2.75. The normalized spacial score (nSPS) is 19.6. The Morgan fingerprint density at radius 2 is 1.95 bits per heavy atom. The first-order valence-electron chi connectivity index (χ1n) is 7.31. The van der Waals surface area contributed by atoms with Gasteiger partial charge in [0.05, 0.1) is 6.04 Å². The lowest BCUT2D eigenvalue weighted by molar-refractivity contribution is 0.112. The molecule has 2 fully saturated rings. The summed E-state index contributed by atoms with van der Waals surface area (Å²) in [5.74, 6) is 0.840. The Bertz CT molecular complexity index is 480. The van der Waals surface area contributed by atoms with Gasteiger partial charge in [-0.15, -0.1) is 0 Å². The van der Waals surface area contributed by atoms with E-state index in [4.69, 9.17) is 0 Å². The topological polar surface area (TPSA) is 61.4 Å². The summed E-state index contributed by atoms with van der Waals surface area (Å²) in [4.78, 5) is 24.4. The van der Waals surface area contributed by atoms with E-state index in [9.17, 15) is 4.79 Å². The first-order chi connectivity index (χ1) is 9.72. The summed E-state index contributed by atoms with van der Waals surface area (Å²) in [5, 5.41) is 3.34. The van der Waals surface area contributed by atoms with Crippen LogP contribution in [0.2, 0.25) is 0 Å². The van der Waals surface area contributed by atoms with Crippen LogP contribution < -0.4 is 5.32 Å². The number of amides is 2. The van der Waals surface area contributed by atoms with E-state index >= 15 is 0 Å². The number of piperidine rings is 1. The third-order valence-corrected chi connectivity index (χ3v) is 3.93. The van der Waals surface area contributed by atoms with Crippen molar-refractivity contribution in [1.29, 1.82) is 0 Å². The number of rotatable bonds is 2. The number of carbonyl (C=O) groups is 1. The smallest absolute Gasteiger partial charge is 0.320 e. The molecule has 2 amide bonds. The molecule has 2 aliphatic rings.